The van der Waals surface area contributed by atoms with Gasteiger partial charge in [-0.2, -0.15) is 0 Å². The number of methoxy groups -OCH3 is 1. The van der Waals surface area contributed by atoms with Crippen molar-refractivity contribution in [3.8, 4) is 0 Å². The van der Waals surface area contributed by atoms with Gasteiger partial charge in [-0.25, -0.2) is 0 Å². The van der Waals surface area contributed by atoms with Gasteiger partial charge in [0.05, 0.1) is 6.61 Å². The molecule has 0 spiro atoms. The van der Waals surface area contributed by atoms with Crippen LogP contribution in [-0.2, 0) is 9.53 Å². The minimum absolute atomic E-state index is 0.126. The molecule has 17 heavy (non-hydrogen) atoms. The van der Waals surface area contributed by atoms with Gasteiger partial charge < -0.3 is 15.4 Å². The summed E-state index contributed by atoms with van der Waals surface area (Å²) in [6, 6.07) is 0. The van der Waals surface area contributed by atoms with Crippen LogP contribution in [0.1, 0.15) is 27.7 Å². The molecule has 1 saturated carbocycles. The molecule has 0 aliphatic heterocycles. The monoisotopic (exact) mass is 242 g/mol. The van der Waals surface area contributed by atoms with Gasteiger partial charge in [-0.3, -0.25) is 4.79 Å². The zero-order valence-corrected chi connectivity index (χ0v) is 11.7. The first-order valence-corrected chi connectivity index (χ1v) is 6.33. The standard InChI is InChI=1S/C13H26N2O2/c1-12(2)10(13(12,3)4)11(16)15-7-6-14-8-9-17-5/h10,14H,6-9H2,1-5H3,(H,15,16). The van der Waals surface area contributed by atoms with E-state index in [1.165, 1.54) is 0 Å². The topological polar surface area (TPSA) is 50.4 Å². The summed E-state index contributed by atoms with van der Waals surface area (Å²) in [6.07, 6.45) is 0. The molecule has 100 valence electrons. The third-order valence-corrected chi connectivity index (χ3v) is 4.37. The quantitative estimate of drug-likeness (QED) is 0.655. The van der Waals surface area contributed by atoms with Crippen molar-refractivity contribution >= 4 is 5.91 Å². The number of carbonyl (C=O) groups is 1. The Balaban J connectivity index is 2.15. The van der Waals surface area contributed by atoms with Crippen molar-refractivity contribution in [2.75, 3.05) is 33.4 Å². The number of nitrogens with one attached hydrogen (secondary N) is 2. The summed E-state index contributed by atoms with van der Waals surface area (Å²) in [7, 11) is 1.68. The summed E-state index contributed by atoms with van der Waals surface area (Å²) < 4.78 is 4.92. The molecule has 2 N–H and O–H groups in total. The van der Waals surface area contributed by atoms with Crippen molar-refractivity contribution in [2.45, 2.75) is 27.7 Å². The fraction of sp³-hybridized carbons (Fsp3) is 0.923. The second-order valence-electron chi connectivity index (χ2n) is 5.91. The van der Waals surface area contributed by atoms with Crippen molar-refractivity contribution in [3.05, 3.63) is 0 Å². The van der Waals surface area contributed by atoms with Crippen LogP contribution in [0.5, 0.6) is 0 Å². The Kier molecular flexibility index (Phi) is 4.55. The van der Waals surface area contributed by atoms with Crippen molar-refractivity contribution in [2.24, 2.45) is 16.7 Å². The Hall–Kier alpha value is -0.610. The molecule has 0 aromatic heterocycles. The Bertz CT molecular complexity index is 261. The lowest BCUT2D eigenvalue weighted by atomic mass is 10.0. The number of ether oxygens (including phenoxy) is 1. The van der Waals surface area contributed by atoms with Crippen LogP contribution in [0.15, 0.2) is 0 Å². The summed E-state index contributed by atoms with van der Waals surface area (Å²) in [4.78, 5) is 12.0. The number of rotatable bonds is 7. The molecule has 1 aliphatic carbocycles. The zero-order chi connectivity index (χ0) is 13.1. The molecule has 0 bridgehead atoms. The van der Waals surface area contributed by atoms with Crippen LogP contribution in [0.25, 0.3) is 0 Å². The second-order valence-corrected chi connectivity index (χ2v) is 5.91. The van der Waals surface area contributed by atoms with Gasteiger partial charge in [0.2, 0.25) is 5.91 Å². The molecule has 0 aromatic rings. The second kappa shape index (κ2) is 5.36. The average Bonchev–Trinajstić information content (AvgIpc) is 2.63. The number of amides is 1. The van der Waals surface area contributed by atoms with E-state index >= 15 is 0 Å². The van der Waals surface area contributed by atoms with E-state index in [0.29, 0.717) is 13.2 Å². The molecule has 4 nitrogen and oxygen atoms in total. The molecule has 1 fully saturated rings. The predicted octanol–water partition coefficient (Wildman–Crippen LogP) is 1.02. The molecule has 1 rings (SSSR count). The summed E-state index contributed by atoms with van der Waals surface area (Å²) >= 11 is 0. The van der Waals surface area contributed by atoms with Crippen molar-refractivity contribution in [3.63, 3.8) is 0 Å². The Morgan fingerprint density at radius 1 is 1.12 bits per heavy atom. The molecule has 0 atom stereocenters. The van der Waals surface area contributed by atoms with Gasteiger partial charge in [0, 0.05) is 32.7 Å². The summed E-state index contributed by atoms with van der Waals surface area (Å²) in [5.41, 5.74) is 0.251. The lowest BCUT2D eigenvalue weighted by molar-refractivity contribution is -0.123. The first-order chi connectivity index (χ1) is 7.85. The maximum atomic E-state index is 12.0. The Morgan fingerprint density at radius 2 is 1.71 bits per heavy atom. The van der Waals surface area contributed by atoms with Gasteiger partial charge in [-0.15, -0.1) is 0 Å². The highest BCUT2D eigenvalue weighted by molar-refractivity contribution is 5.84. The zero-order valence-electron chi connectivity index (χ0n) is 11.7. The van der Waals surface area contributed by atoms with Crippen LogP contribution >= 0.6 is 0 Å². The Morgan fingerprint density at radius 3 is 2.18 bits per heavy atom. The fourth-order valence-electron chi connectivity index (χ4n) is 2.53. The van der Waals surface area contributed by atoms with Gasteiger partial charge in [0.15, 0.2) is 0 Å². The predicted molar refractivity (Wildman–Crippen MR) is 68.8 cm³/mol. The first-order valence-electron chi connectivity index (χ1n) is 6.33. The van der Waals surface area contributed by atoms with Gasteiger partial charge in [0.1, 0.15) is 0 Å². The highest BCUT2D eigenvalue weighted by atomic mass is 16.5. The van der Waals surface area contributed by atoms with E-state index in [-0.39, 0.29) is 22.7 Å². The number of hydrogen-bond acceptors (Lipinski definition) is 3. The molecular formula is C13H26N2O2. The van der Waals surface area contributed by atoms with Crippen LogP contribution in [-0.4, -0.2) is 39.3 Å². The highest BCUT2D eigenvalue weighted by Gasteiger charge is 2.68. The van der Waals surface area contributed by atoms with Crippen LogP contribution in [0.4, 0.5) is 0 Å². The molecule has 0 heterocycles. The maximum absolute atomic E-state index is 12.0. The molecule has 0 saturated heterocycles. The summed E-state index contributed by atoms with van der Waals surface area (Å²) in [5.74, 6) is 0.336. The third kappa shape index (κ3) is 2.99. The lowest BCUT2D eigenvalue weighted by Gasteiger charge is -2.07. The van der Waals surface area contributed by atoms with Gasteiger partial charge in [-0.05, 0) is 10.8 Å². The summed E-state index contributed by atoms with van der Waals surface area (Å²) in [5, 5.41) is 6.19. The van der Waals surface area contributed by atoms with Crippen molar-refractivity contribution < 1.29 is 9.53 Å². The van der Waals surface area contributed by atoms with Gasteiger partial charge in [-0.1, -0.05) is 27.7 Å². The SMILES string of the molecule is COCCNCCNC(=O)C1C(C)(C)C1(C)C. The van der Waals surface area contributed by atoms with Crippen LogP contribution in [0.2, 0.25) is 0 Å². The molecular weight excluding hydrogens is 216 g/mol. The molecule has 4 heteroatoms. The minimum atomic E-state index is 0.126. The molecule has 1 amide bonds. The maximum Gasteiger partial charge on any atom is 0.224 e. The third-order valence-electron chi connectivity index (χ3n) is 4.37. The van der Waals surface area contributed by atoms with E-state index in [1.54, 1.807) is 7.11 Å². The summed E-state index contributed by atoms with van der Waals surface area (Å²) in [6.45, 7) is 11.7. The minimum Gasteiger partial charge on any atom is -0.383 e. The number of hydrogen-bond donors (Lipinski definition) is 2. The van der Waals surface area contributed by atoms with E-state index in [1.807, 2.05) is 0 Å². The van der Waals surface area contributed by atoms with E-state index in [4.69, 9.17) is 4.74 Å². The van der Waals surface area contributed by atoms with Gasteiger partial charge in [0.25, 0.3) is 0 Å². The van der Waals surface area contributed by atoms with E-state index in [2.05, 4.69) is 38.3 Å². The average molecular weight is 242 g/mol. The number of carbonyl (C=O) groups excluding carboxylic acids is 1. The van der Waals surface area contributed by atoms with Gasteiger partial charge >= 0.3 is 0 Å². The lowest BCUT2D eigenvalue weighted by Crippen LogP contribution is -2.34. The van der Waals surface area contributed by atoms with Crippen LogP contribution in [0, 0.1) is 16.7 Å². The largest absolute Gasteiger partial charge is 0.383 e. The normalized spacial score (nSPS) is 21.2. The smallest absolute Gasteiger partial charge is 0.224 e. The Labute approximate surface area is 104 Å². The van der Waals surface area contributed by atoms with E-state index < -0.39 is 0 Å². The van der Waals surface area contributed by atoms with Crippen LogP contribution < -0.4 is 10.6 Å². The van der Waals surface area contributed by atoms with Crippen molar-refractivity contribution in [1.82, 2.24) is 10.6 Å². The molecule has 1 aliphatic rings. The van der Waals surface area contributed by atoms with E-state index in [9.17, 15) is 4.79 Å². The molecule has 0 aromatic carbocycles. The van der Waals surface area contributed by atoms with Crippen molar-refractivity contribution in [1.29, 1.82) is 0 Å². The highest BCUT2D eigenvalue weighted by Crippen LogP contribution is 2.68. The van der Waals surface area contributed by atoms with Crippen LogP contribution in [0.3, 0.4) is 0 Å². The first kappa shape index (κ1) is 14.5. The fourth-order valence-corrected chi connectivity index (χ4v) is 2.53. The molecule has 0 radical (unpaired) electrons. The molecule has 0 unspecified atom stereocenters. The van der Waals surface area contributed by atoms with E-state index in [0.717, 1.165) is 13.1 Å².